The van der Waals surface area contributed by atoms with Crippen molar-refractivity contribution in [3.8, 4) is 0 Å². The van der Waals surface area contributed by atoms with Crippen molar-refractivity contribution in [3.05, 3.63) is 59.0 Å². The van der Waals surface area contributed by atoms with Gasteiger partial charge in [0.1, 0.15) is 11.5 Å². The molecule has 0 aliphatic carbocycles. The fraction of sp³-hybridized carbons (Fsp3) is 0.450. The smallest absolute Gasteiger partial charge is 0.251 e. The van der Waals surface area contributed by atoms with Crippen LogP contribution in [0.5, 0.6) is 0 Å². The van der Waals surface area contributed by atoms with Crippen LogP contribution in [-0.2, 0) is 5.41 Å². The first-order valence-corrected chi connectivity index (χ1v) is 8.30. The Hall–Kier alpha value is -2.07. The molecule has 1 atom stereocenters. The van der Waals surface area contributed by atoms with E-state index < -0.39 is 0 Å². The van der Waals surface area contributed by atoms with Crippen molar-refractivity contribution < 1.29 is 9.21 Å². The molecule has 0 bridgehead atoms. The number of hydrogen-bond donors (Lipinski definition) is 1. The maximum absolute atomic E-state index is 12.4. The fourth-order valence-electron chi connectivity index (χ4n) is 2.58. The number of carbonyl (C=O) groups is 1. The van der Waals surface area contributed by atoms with Crippen LogP contribution in [0.2, 0.25) is 0 Å². The molecule has 4 heteroatoms. The van der Waals surface area contributed by atoms with Crippen molar-refractivity contribution in [1.82, 2.24) is 10.2 Å². The maximum Gasteiger partial charge on any atom is 0.251 e. The van der Waals surface area contributed by atoms with Crippen LogP contribution in [-0.4, -0.2) is 31.4 Å². The third kappa shape index (κ3) is 4.48. The second kappa shape index (κ2) is 7.22. The molecule has 2 aromatic rings. The second-order valence-electron chi connectivity index (χ2n) is 7.47. The molecule has 0 saturated heterocycles. The Morgan fingerprint density at radius 3 is 2.21 bits per heavy atom. The molecule has 24 heavy (non-hydrogen) atoms. The number of benzene rings is 1. The van der Waals surface area contributed by atoms with E-state index in [0.717, 1.165) is 11.5 Å². The molecule has 4 nitrogen and oxygen atoms in total. The Balaban J connectivity index is 2.03. The minimum atomic E-state index is -0.0643. The van der Waals surface area contributed by atoms with E-state index in [4.69, 9.17) is 4.42 Å². The van der Waals surface area contributed by atoms with Gasteiger partial charge in [0.15, 0.2) is 0 Å². The third-order valence-corrected chi connectivity index (χ3v) is 4.18. The third-order valence-electron chi connectivity index (χ3n) is 4.18. The Kier molecular flexibility index (Phi) is 5.50. The highest BCUT2D eigenvalue weighted by molar-refractivity contribution is 5.94. The first-order chi connectivity index (χ1) is 11.2. The number of likely N-dealkylation sites (N-methyl/N-ethyl adjacent to an activating group) is 1. The summed E-state index contributed by atoms with van der Waals surface area (Å²) in [6.07, 6.45) is 0. The predicted octanol–water partition coefficient (Wildman–Crippen LogP) is 3.92. The zero-order chi connectivity index (χ0) is 17.9. The van der Waals surface area contributed by atoms with Gasteiger partial charge in [0.05, 0.1) is 6.04 Å². The van der Waals surface area contributed by atoms with Crippen molar-refractivity contribution in [2.45, 2.75) is 39.2 Å². The highest BCUT2D eigenvalue weighted by Gasteiger charge is 2.19. The molecule has 0 radical (unpaired) electrons. The van der Waals surface area contributed by atoms with Crippen LogP contribution >= 0.6 is 0 Å². The van der Waals surface area contributed by atoms with Crippen molar-refractivity contribution >= 4 is 5.91 Å². The molecule has 0 saturated carbocycles. The lowest BCUT2D eigenvalue weighted by Gasteiger charge is -2.23. The highest BCUT2D eigenvalue weighted by atomic mass is 16.3. The van der Waals surface area contributed by atoms with Crippen LogP contribution < -0.4 is 5.32 Å². The lowest BCUT2D eigenvalue weighted by Crippen LogP contribution is -2.34. The van der Waals surface area contributed by atoms with E-state index >= 15 is 0 Å². The number of nitrogens with zero attached hydrogens (tertiary/aromatic N) is 1. The molecule has 2 rings (SSSR count). The second-order valence-corrected chi connectivity index (χ2v) is 7.47. The van der Waals surface area contributed by atoms with Gasteiger partial charge in [-0.1, -0.05) is 32.9 Å². The van der Waals surface area contributed by atoms with Crippen LogP contribution in [0, 0.1) is 6.92 Å². The average molecular weight is 328 g/mol. The molecule has 1 aromatic heterocycles. The summed E-state index contributed by atoms with van der Waals surface area (Å²) in [5.41, 5.74) is 1.98. The molecule has 0 aliphatic heterocycles. The molecule has 1 N–H and O–H groups in total. The van der Waals surface area contributed by atoms with Gasteiger partial charge < -0.3 is 9.73 Å². The Morgan fingerprint density at radius 1 is 1.12 bits per heavy atom. The topological polar surface area (TPSA) is 45.5 Å². The largest absolute Gasteiger partial charge is 0.465 e. The summed E-state index contributed by atoms with van der Waals surface area (Å²) in [5, 5.41) is 3.01. The van der Waals surface area contributed by atoms with Gasteiger partial charge in [-0.2, -0.15) is 0 Å². The molecule has 0 spiro atoms. The molecule has 1 amide bonds. The van der Waals surface area contributed by atoms with Crippen molar-refractivity contribution in [1.29, 1.82) is 0 Å². The number of rotatable bonds is 5. The quantitative estimate of drug-likeness (QED) is 0.905. The van der Waals surface area contributed by atoms with E-state index in [-0.39, 0.29) is 17.4 Å². The first kappa shape index (κ1) is 18.3. The van der Waals surface area contributed by atoms with Crippen LogP contribution in [0.4, 0.5) is 0 Å². The Bertz CT molecular complexity index is 678. The van der Waals surface area contributed by atoms with Crippen LogP contribution in [0.15, 0.2) is 40.8 Å². The molecule has 0 fully saturated rings. The van der Waals surface area contributed by atoms with Crippen LogP contribution in [0.1, 0.15) is 54.3 Å². The van der Waals surface area contributed by atoms with E-state index in [1.807, 2.05) is 62.3 Å². The summed E-state index contributed by atoms with van der Waals surface area (Å²) in [4.78, 5) is 14.5. The summed E-state index contributed by atoms with van der Waals surface area (Å²) in [6, 6.07) is 11.7. The van der Waals surface area contributed by atoms with Gasteiger partial charge in [-0.15, -0.1) is 0 Å². The highest BCUT2D eigenvalue weighted by Crippen LogP contribution is 2.23. The van der Waals surface area contributed by atoms with E-state index in [1.54, 1.807) is 0 Å². The normalized spacial score (nSPS) is 13.1. The van der Waals surface area contributed by atoms with Crippen molar-refractivity contribution in [3.63, 3.8) is 0 Å². The molecular formula is C20H28N2O2. The van der Waals surface area contributed by atoms with E-state index in [2.05, 4.69) is 26.1 Å². The predicted molar refractivity (Wildman–Crippen MR) is 97.3 cm³/mol. The number of hydrogen-bond acceptors (Lipinski definition) is 3. The molecule has 0 aliphatic rings. The zero-order valence-electron chi connectivity index (χ0n) is 15.5. The number of carbonyl (C=O) groups excluding carboxylic acids is 1. The number of amides is 1. The standard InChI is InChI=1S/C20H28N2O2/c1-14-7-12-18(24-14)17(22(5)6)13-21-19(23)15-8-10-16(11-9-15)20(2,3)4/h7-12,17H,13H2,1-6H3,(H,21,23). The minimum absolute atomic E-state index is 0.0106. The minimum Gasteiger partial charge on any atom is -0.465 e. The molecule has 130 valence electrons. The van der Waals surface area contributed by atoms with Gasteiger partial charge >= 0.3 is 0 Å². The molecule has 1 heterocycles. The summed E-state index contributed by atoms with van der Waals surface area (Å²) in [7, 11) is 3.96. The summed E-state index contributed by atoms with van der Waals surface area (Å²) in [5.74, 6) is 1.67. The van der Waals surface area contributed by atoms with E-state index in [9.17, 15) is 4.79 Å². The summed E-state index contributed by atoms with van der Waals surface area (Å²) in [6.45, 7) is 8.91. The number of furan rings is 1. The summed E-state index contributed by atoms with van der Waals surface area (Å²) < 4.78 is 5.71. The molecule has 1 aromatic carbocycles. The van der Waals surface area contributed by atoms with Gasteiger partial charge in [-0.25, -0.2) is 0 Å². The van der Waals surface area contributed by atoms with Gasteiger partial charge in [-0.05, 0) is 56.3 Å². The Morgan fingerprint density at radius 2 is 1.75 bits per heavy atom. The lowest BCUT2D eigenvalue weighted by molar-refractivity contribution is 0.0939. The van der Waals surface area contributed by atoms with Gasteiger partial charge in [0.25, 0.3) is 5.91 Å². The summed E-state index contributed by atoms with van der Waals surface area (Å²) >= 11 is 0. The monoisotopic (exact) mass is 328 g/mol. The maximum atomic E-state index is 12.4. The lowest BCUT2D eigenvalue weighted by atomic mass is 9.87. The zero-order valence-corrected chi connectivity index (χ0v) is 15.5. The number of nitrogens with one attached hydrogen (secondary N) is 1. The SMILES string of the molecule is Cc1ccc(C(CNC(=O)c2ccc(C(C)(C)C)cc2)N(C)C)o1. The van der Waals surface area contributed by atoms with Gasteiger partial charge in [0, 0.05) is 12.1 Å². The molecular weight excluding hydrogens is 300 g/mol. The fourth-order valence-corrected chi connectivity index (χ4v) is 2.58. The average Bonchev–Trinajstić information content (AvgIpc) is 2.92. The Labute approximate surface area is 144 Å². The van der Waals surface area contributed by atoms with Gasteiger partial charge in [-0.3, -0.25) is 9.69 Å². The number of aryl methyl sites for hydroxylation is 1. The van der Waals surface area contributed by atoms with Crippen molar-refractivity contribution in [2.24, 2.45) is 0 Å². The van der Waals surface area contributed by atoms with E-state index in [1.165, 1.54) is 5.56 Å². The van der Waals surface area contributed by atoms with Gasteiger partial charge in [0.2, 0.25) is 0 Å². The van der Waals surface area contributed by atoms with Crippen LogP contribution in [0.3, 0.4) is 0 Å². The van der Waals surface area contributed by atoms with E-state index in [0.29, 0.717) is 12.1 Å². The van der Waals surface area contributed by atoms with Crippen LogP contribution in [0.25, 0.3) is 0 Å². The first-order valence-electron chi connectivity index (χ1n) is 8.30. The molecule has 1 unspecified atom stereocenters. The van der Waals surface area contributed by atoms with Crippen molar-refractivity contribution in [2.75, 3.05) is 20.6 Å².